The number of rotatable bonds is 7. The Morgan fingerprint density at radius 1 is 1.20 bits per heavy atom. The molecule has 6 nitrogen and oxygen atoms in total. The summed E-state index contributed by atoms with van der Waals surface area (Å²) < 4.78 is 10.7. The van der Waals surface area contributed by atoms with Crippen LogP contribution in [0.1, 0.15) is 34.1 Å². The number of methoxy groups -OCH3 is 1. The first kappa shape index (κ1) is 18.6. The number of carbonyl (C=O) groups excluding carboxylic acids is 1. The van der Waals surface area contributed by atoms with E-state index in [9.17, 15) is 9.59 Å². The summed E-state index contributed by atoms with van der Waals surface area (Å²) >= 11 is 6.03. The van der Waals surface area contributed by atoms with Gasteiger partial charge in [-0.25, -0.2) is 4.79 Å². The molecule has 0 radical (unpaired) electrons. The number of ether oxygens (including phenoxy) is 2. The van der Waals surface area contributed by atoms with E-state index in [2.05, 4.69) is 5.32 Å². The molecule has 0 bridgehead atoms. The van der Waals surface area contributed by atoms with E-state index in [1.807, 2.05) is 6.92 Å². The zero-order valence-corrected chi connectivity index (χ0v) is 14.6. The minimum Gasteiger partial charge on any atom is -0.494 e. The Labute approximate surface area is 150 Å². The molecule has 2 aromatic rings. The van der Waals surface area contributed by atoms with E-state index in [0.717, 1.165) is 6.42 Å². The first-order valence-corrected chi connectivity index (χ1v) is 7.99. The average molecular weight is 364 g/mol. The molecule has 1 amide bonds. The summed E-state index contributed by atoms with van der Waals surface area (Å²) in [6, 6.07) is 9.26. The monoisotopic (exact) mass is 363 g/mol. The van der Waals surface area contributed by atoms with Crippen molar-refractivity contribution in [1.29, 1.82) is 0 Å². The summed E-state index contributed by atoms with van der Waals surface area (Å²) in [7, 11) is 1.39. The molecule has 0 spiro atoms. The number of anilines is 1. The lowest BCUT2D eigenvalue weighted by atomic mass is 10.1. The summed E-state index contributed by atoms with van der Waals surface area (Å²) in [4.78, 5) is 23.7. The summed E-state index contributed by atoms with van der Waals surface area (Å²) in [5.74, 6) is -0.814. The van der Waals surface area contributed by atoms with Crippen LogP contribution >= 0.6 is 11.6 Å². The second kappa shape index (κ2) is 8.39. The molecule has 0 aliphatic rings. The second-order valence-electron chi connectivity index (χ2n) is 5.17. The van der Waals surface area contributed by atoms with Crippen LogP contribution in [0.3, 0.4) is 0 Å². The highest BCUT2D eigenvalue weighted by atomic mass is 35.5. The number of aromatic carboxylic acids is 1. The topological polar surface area (TPSA) is 84.9 Å². The molecule has 0 atom stereocenters. The summed E-state index contributed by atoms with van der Waals surface area (Å²) in [5, 5.41) is 11.9. The molecule has 0 saturated carbocycles. The lowest BCUT2D eigenvalue weighted by Crippen LogP contribution is -2.14. The van der Waals surface area contributed by atoms with E-state index in [1.165, 1.54) is 19.2 Å². The average Bonchev–Trinajstić information content (AvgIpc) is 2.59. The molecule has 25 heavy (non-hydrogen) atoms. The van der Waals surface area contributed by atoms with E-state index in [4.69, 9.17) is 26.2 Å². The van der Waals surface area contributed by atoms with E-state index < -0.39 is 11.9 Å². The molecule has 0 heterocycles. The van der Waals surface area contributed by atoms with Gasteiger partial charge in [-0.3, -0.25) is 4.79 Å². The second-order valence-corrected chi connectivity index (χ2v) is 5.58. The highest BCUT2D eigenvalue weighted by Crippen LogP contribution is 2.34. The third kappa shape index (κ3) is 4.64. The lowest BCUT2D eigenvalue weighted by Gasteiger charge is -2.13. The molecule has 0 aromatic heterocycles. The number of hydrogen-bond donors (Lipinski definition) is 2. The van der Waals surface area contributed by atoms with Crippen molar-refractivity contribution < 1.29 is 24.2 Å². The van der Waals surface area contributed by atoms with Crippen molar-refractivity contribution in [2.45, 2.75) is 13.3 Å². The van der Waals surface area contributed by atoms with Gasteiger partial charge in [-0.1, -0.05) is 24.6 Å². The van der Waals surface area contributed by atoms with E-state index in [-0.39, 0.29) is 22.0 Å². The Bertz CT molecular complexity index is 791. The zero-order chi connectivity index (χ0) is 18.4. The summed E-state index contributed by atoms with van der Waals surface area (Å²) in [6.07, 6.45) is 0.855. The van der Waals surface area contributed by atoms with Crippen molar-refractivity contribution in [1.82, 2.24) is 0 Å². The molecule has 0 unspecified atom stereocenters. The van der Waals surface area contributed by atoms with Gasteiger partial charge in [0, 0.05) is 5.56 Å². The highest BCUT2D eigenvalue weighted by molar-refractivity contribution is 6.33. The van der Waals surface area contributed by atoms with Gasteiger partial charge in [0.1, 0.15) is 5.75 Å². The molecule has 2 rings (SSSR count). The number of carboxylic acids is 1. The van der Waals surface area contributed by atoms with Crippen LogP contribution in [0.25, 0.3) is 0 Å². The van der Waals surface area contributed by atoms with Gasteiger partial charge in [0.2, 0.25) is 0 Å². The number of nitrogens with one attached hydrogen (secondary N) is 1. The molecule has 0 fully saturated rings. The van der Waals surface area contributed by atoms with Gasteiger partial charge < -0.3 is 19.9 Å². The number of benzene rings is 2. The van der Waals surface area contributed by atoms with Crippen molar-refractivity contribution in [2.24, 2.45) is 0 Å². The summed E-state index contributed by atoms with van der Waals surface area (Å²) in [5.41, 5.74) is 0.492. The fourth-order valence-electron chi connectivity index (χ4n) is 2.16. The fourth-order valence-corrected chi connectivity index (χ4v) is 2.46. The van der Waals surface area contributed by atoms with Crippen molar-refractivity contribution in [3.63, 3.8) is 0 Å². The van der Waals surface area contributed by atoms with Gasteiger partial charge >= 0.3 is 5.97 Å². The third-order valence-corrected chi connectivity index (χ3v) is 3.59. The highest BCUT2D eigenvalue weighted by Gasteiger charge is 2.17. The molecule has 7 heteroatoms. The van der Waals surface area contributed by atoms with Crippen molar-refractivity contribution in [3.05, 3.63) is 52.5 Å². The molecule has 0 saturated heterocycles. The van der Waals surface area contributed by atoms with E-state index in [0.29, 0.717) is 17.9 Å². The van der Waals surface area contributed by atoms with Gasteiger partial charge in [-0.15, -0.1) is 0 Å². The zero-order valence-electron chi connectivity index (χ0n) is 13.8. The van der Waals surface area contributed by atoms with Crippen LogP contribution in [0.4, 0.5) is 5.69 Å². The van der Waals surface area contributed by atoms with Crippen LogP contribution in [0, 0.1) is 0 Å². The Balaban J connectivity index is 2.29. The van der Waals surface area contributed by atoms with Crippen molar-refractivity contribution in [2.75, 3.05) is 19.0 Å². The van der Waals surface area contributed by atoms with Crippen molar-refractivity contribution >= 4 is 29.2 Å². The van der Waals surface area contributed by atoms with Crippen molar-refractivity contribution in [3.8, 4) is 11.5 Å². The predicted molar refractivity (Wildman–Crippen MR) is 95.1 cm³/mol. The van der Waals surface area contributed by atoms with Crippen LogP contribution in [0.5, 0.6) is 11.5 Å². The number of carbonyl (C=O) groups is 2. The minimum atomic E-state index is -1.16. The Morgan fingerprint density at radius 2 is 1.96 bits per heavy atom. The van der Waals surface area contributed by atoms with Gasteiger partial charge in [0.15, 0.2) is 5.75 Å². The SMILES string of the molecule is CCCOc1cccc(C(=O)Nc2cc(C(=O)O)cc(Cl)c2OC)c1. The largest absolute Gasteiger partial charge is 0.494 e. The minimum absolute atomic E-state index is 0.0545. The summed E-state index contributed by atoms with van der Waals surface area (Å²) in [6.45, 7) is 2.54. The number of carboxylic acid groups (broad SMARTS) is 1. The quantitative estimate of drug-likeness (QED) is 0.774. The molecule has 0 aliphatic carbocycles. The molecular formula is C18H18ClNO5. The van der Waals surface area contributed by atoms with Gasteiger partial charge in [0.25, 0.3) is 5.91 Å². The van der Waals surface area contributed by atoms with Gasteiger partial charge in [-0.05, 0) is 36.8 Å². The number of amides is 1. The molecule has 0 aliphatic heterocycles. The molecule has 132 valence electrons. The first-order chi connectivity index (χ1) is 12.0. The first-order valence-electron chi connectivity index (χ1n) is 7.61. The third-order valence-electron chi connectivity index (χ3n) is 3.31. The lowest BCUT2D eigenvalue weighted by molar-refractivity contribution is 0.0696. The van der Waals surface area contributed by atoms with E-state index >= 15 is 0 Å². The molecular weight excluding hydrogens is 346 g/mol. The van der Waals surface area contributed by atoms with Crippen LogP contribution < -0.4 is 14.8 Å². The Morgan fingerprint density at radius 3 is 2.60 bits per heavy atom. The molecule has 2 aromatic carbocycles. The fraction of sp³-hybridized carbons (Fsp3) is 0.222. The normalized spacial score (nSPS) is 10.2. The Kier molecular flexibility index (Phi) is 6.25. The van der Waals surface area contributed by atoms with Gasteiger partial charge in [0.05, 0.1) is 30.0 Å². The van der Waals surface area contributed by atoms with Crippen LogP contribution in [0.2, 0.25) is 5.02 Å². The van der Waals surface area contributed by atoms with Crippen LogP contribution in [-0.4, -0.2) is 30.7 Å². The smallest absolute Gasteiger partial charge is 0.335 e. The van der Waals surface area contributed by atoms with Crippen LogP contribution in [0.15, 0.2) is 36.4 Å². The number of hydrogen-bond acceptors (Lipinski definition) is 4. The Hall–Kier alpha value is -2.73. The van der Waals surface area contributed by atoms with Gasteiger partial charge in [-0.2, -0.15) is 0 Å². The van der Waals surface area contributed by atoms with E-state index in [1.54, 1.807) is 24.3 Å². The van der Waals surface area contributed by atoms with Crippen LogP contribution in [-0.2, 0) is 0 Å². The predicted octanol–water partition coefficient (Wildman–Crippen LogP) is 4.09. The maximum atomic E-state index is 12.5. The maximum absolute atomic E-state index is 12.5. The standard InChI is InChI=1S/C18H18ClNO5/c1-3-7-25-13-6-4-5-11(8-13)17(21)20-15-10-12(18(22)23)9-14(19)16(15)24-2/h4-6,8-10H,3,7H2,1-2H3,(H,20,21)(H,22,23). The molecule has 2 N–H and O–H groups in total. The number of halogens is 1. The maximum Gasteiger partial charge on any atom is 0.335 e.